The molecule has 7 unspecified atom stereocenters. The zero-order valence-corrected chi connectivity index (χ0v) is 17.7. The van der Waals surface area contributed by atoms with Gasteiger partial charge in [-0.05, 0) is 51.0 Å². The first kappa shape index (κ1) is 22.2. The molecule has 3 fully saturated rings. The second-order valence-corrected chi connectivity index (χ2v) is 10.9. The summed E-state index contributed by atoms with van der Waals surface area (Å²) in [7, 11) is -1.71. The molecule has 3 rings (SSSR count). The Kier molecular flexibility index (Phi) is 7.20. The van der Waals surface area contributed by atoms with E-state index in [4.69, 9.17) is 17.3 Å². The van der Waals surface area contributed by atoms with Crippen molar-refractivity contribution in [3.63, 3.8) is 0 Å². The molecule has 0 radical (unpaired) electrons. The number of nitrogens with zero attached hydrogens (tertiary/aromatic N) is 1. The number of nitrogens with two attached hydrogens (primary N) is 1. The van der Waals surface area contributed by atoms with Gasteiger partial charge in [-0.3, -0.25) is 20.4 Å². The minimum Gasteiger partial charge on any atom is -0.328 e. The molecule has 7 atom stereocenters. The highest BCUT2D eigenvalue weighted by Crippen LogP contribution is 2.37. The van der Waals surface area contributed by atoms with Gasteiger partial charge in [-0.2, -0.15) is 0 Å². The van der Waals surface area contributed by atoms with E-state index in [2.05, 4.69) is 20.5 Å². The molecule has 5 N–H and O–H groups in total. The van der Waals surface area contributed by atoms with Gasteiger partial charge >= 0.3 is 0 Å². The normalized spacial score (nSPS) is 39.9. The van der Waals surface area contributed by atoms with E-state index in [0.717, 1.165) is 26.1 Å². The van der Waals surface area contributed by atoms with Crippen LogP contribution in [0.5, 0.6) is 0 Å². The summed E-state index contributed by atoms with van der Waals surface area (Å²) in [4.78, 5) is 16.8. The maximum absolute atomic E-state index is 14.6. The van der Waals surface area contributed by atoms with Gasteiger partial charge in [0.2, 0.25) is 15.9 Å². The predicted molar refractivity (Wildman–Crippen MR) is 106 cm³/mol. The molecule has 8 nitrogen and oxygen atoms in total. The third-order valence-corrected chi connectivity index (χ3v) is 7.96. The number of likely N-dealkylation sites (N-methyl/N-ethyl adjacent to an activating group) is 1. The van der Waals surface area contributed by atoms with Crippen LogP contribution in [0.25, 0.3) is 0 Å². The molecular formula is C17H31ClFN5O3S. The highest BCUT2D eigenvalue weighted by molar-refractivity contribution is 7.89. The highest BCUT2D eigenvalue weighted by Gasteiger charge is 2.44. The number of hydrogen-bond acceptors (Lipinski definition) is 6. The van der Waals surface area contributed by atoms with Crippen LogP contribution in [-0.4, -0.2) is 68.9 Å². The topological polar surface area (TPSA) is 117 Å². The summed E-state index contributed by atoms with van der Waals surface area (Å²) < 4.78 is 39.1. The number of alkyl halides is 2. The van der Waals surface area contributed by atoms with E-state index < -0.39 is 33.4 Å². The third-order valence-electron chi connectivity index (χ3n) is 6.22. The number of sulfonamides is 1. The van der Waals surface area contributed by atoms with Crippen LogP contribution in [0.2, 0.25) is 0 Å². The summed E-state index contributed by atoms with van der Waals surface area (Å²) in [5, 5.41) is 2.60. The number of rotatable bonds is 6. The molecule has 0 aromatic rings. The summed E-state index contributed by atoms with van der Waals surface area (Å²) in [6.45, 7) is 1.56. The monoisotopic (exact) mass is 439 g/mol. The SMILES string of the molecule is CN1CNC(C2CC(Cl)C(F)C(C(=O)NNS(=O)(=O)CC3CCC(N)C3)C2)C1. The van der Waals surface area contributed by atoms with Crippen LogP contribution >= 0.6 is 11.6 Å². The largest absolute Gasteiger partial charge is 0.328 e. The van der Waals surface area contributed by atoms with Crippen molar-refractivity contribution in [3.05, 3.63) is 0 Å². The molecule has 28 heavy (non-hydrogen) atoms. The Morgan fingerprint density at radius 1 is 1.32 bits per heavy atom. The quantitative estimate of drug-likeness (QED) is 0.339. The van der Waals surface area contributed by atoms with Gasteiger partial charge in [0.15, 0.2) is 0 Å². The summed E-state index contributed by atoms with van der Waals surface area (Å²) in [5.74, 6) is -1.69. The standard InChI is InChI=1S/C17H31ClFN5O3S/c1-24-7-15(21-9-24)11-5-13(16(19)14(18)6-11)17(25)22-23-28(26,27)8-10-2-3-12(20)4-10/h10-16,21,23H,2-9,20H2,1H3,(H,22,25). The first-order chi connectivity index (χ1) is 13.1. The minimum absolute atomic E-state index is 0.0185. The van der Waals surface area contributed by atoms with Crippen LogP contribution in [0.4, 0.5) is 4.39 Å². The molecule has 162 valence electrons. The van der Waals surface area contributed by atoms with Crippen LogP contribution in [0.15, 0.2) is 0 Å². The molecule has 0 bridgehead atoms. The van der Waals surface area contributed by atoms with E-state index in [1.165, 1.54) is 0 Å². The lowest BCUT2D eigenvalue weighted by atomic mass is 9.76. The van der Waals surface area contributed by atoms with Gasteiger partial charge in [-0.25, -0.2) is 12.8 Å². The Morgan fingerprint density at radius 2 is 2.07 bits per heavy atom. The fraction of sp³-hybridized carbons (Fsp3) is 0.941. The van der Waals surface area contributed by atoms with E-state index in [1.807, 2.05) is 7.05 Å². The van der Waals surface area contributed by atoms with Gasteiger partial charge < -0.3 is 5.73 Å². The molecule has 11 heteroatoms. The van der Waals surface area contributed by atoms with Crippen molar-refractivity contribution in [2.24, 2.45) is 23.5 Å². The number of amides is 1. The minimum atomic E-state index is -3.70. The Labute approximate surface area is 171 Å². The van der Waals surface area contributed by atoms with Gasteiger partial charge in [0.25, 0.3) is 0 Å². The van der Waals surface area contributed by atoms with Gasteiger partial charge in [0.05, 0.1) is 17.0 Å². The molecule has 1 aliphatic heterocycles. The van der Waals surface area contributed by atoms with Crippen molar-refractivity contribution in [2.45, 2.75) is 55.7 Å². The summed E-state index contributed by atoms with van der Waals surface area (Å²) in [5.41, 5.74) is 8.03. The molecule has 1 saturated heterocycles. The van der Waals surface area contributed by atoms with Crippen LogP contribution < -0.4 is 21.3 Å². The zero-order chi connectivity index (χ0) is 20.5. The summed E-state index contributed by atoms with van der Waals surface area (Å²) in [6.07, 6.45) is 1.54. The molecular weight excluding hydrogens is 409 g/mol. The Hall–Kier alpha value is -0.520. The second-order valence-electron chi connectivity index (χ2n) is 8.62. The van der Waals surface area contributed by atoms with Gasteiger partial charge in [-0.15, -0.1) is 16.4 Å². The molecule has 0 aromatic heterocycles. The van der Waals surface area contributed by atoms with E-state index in [9.17, 15) is 17.6 Å². The molecule has 1 amide bonds. The Bertz CT molecular complexity index is 669. The number of halogens is 2. The lowest BCUT2D eigenvalue weighted by molar-refractivity contribution is -0.129. The molecule has 2 saturated carbocycles. The number of carbonyl (C=O) groups is 1. The van der Waals surface area contributed by atoms with Crippen molar-refractivity contribution < 1.29 is 17.6 Å². The summed E-state index contributed by atoms with van der Waals surface area (Å²) in [6, 6.07) is 0.183. The Morgan fingerprint density at radius 3 is 2.68 bits per heavy atom. The number of hydrazine groups is 1. The maximum Gasteiger partial charge on any atom is 0.241 e. The van der Waals surface area contributed by atoms with Crippen molar-refractivity contribution in [1.82, 2.24) is 20.5 Å². The molecule has 1 heterocycles. The average Bonchev–Trinajstić information content (AvgIpc) is 3.23. The predicted octanol–water partition coefficient (Wildman–Crippen LogP) is -0.103. The van der Waals surface area contributed by atoms with E-state index in [-0.39, 0.29) is 29.7 Å². The number of carbonyl (C=O) groups excluding carboxylic acids is 1. The van der Waals surface area contributed by atoms with E-state index in [0.29, 0.717) is 19.3 Å². The van der Waals surface area contributed by atoms with Gasteiger partial charge in [-0.1, -0.05) is 0 Å². The van der Waals surface area contributed by atoms with Crippen LogP contribution in [0.1, 0.15) is 32.1 Å². The van der Waals surface area contributed by atoms with E-state index in [1.54, 1.807) is 0 Å². The van der Waals surface area contributed by atoms with Crippen LogP contribution in [0.3, 0.4) is 0 Å². The number of nitrogens with one attached hydrogen (secondary N) is 3. The molecule has 2 aliphatic carbocycles. The van der Waals surface area contributed by atoms with Crippen molar-refractivity contribution in [2.75, 3.05) is 26.0 Å². The molecule has 0 spiro atoms. The zero-order valence-electron chi connectivity index (χ0n) is 16.1. The maximum atomic E-state index is 14.6. The molecule has 0 aromatic carbocycles. The van der Waals surface area contributed by atoms with Crippen molar-refractivity contribution in [1.29, 1.82) is 0 Å². The van der Waals surface area contributed by atoms with Gasteiger partial charge in [0, 0.05) is 25.3 Å². The first-order valence-corrected chi connectivity index (χ1v) is 12.0. The first-order valence-electron chi connectivity index (χ1n) is 9.89. The van der Waals surface area contributed by atoms with Crippen LogP contribution in [0, 0.1) is 17.8 Å². The molecule has 3 aliphatic rings. The van der Waals surface area contributed by atoms with Crippen LogP contribution in [-0.2, 0) is 14.8 Å². The van der Waals surface area contributed by atoms with Gasteiger partial charge in [0.1, 0.15) is 6.17 Å². The van der Waals surface area contributed by atoms with Crippen molar-refractivity contribution >= 4 is 27.5 Å². The second kappa shape index (κ2) is 9.09. The van der Waals surface area contributed by atoms with E-state index >= 15 is 0 Å². The fourth-order valence-electron chi connectivity index (χ4n) is 4.70. The van der Waals surface area contributed by atoms with Crippen molar-refractivity contribution in [3.8, 4) is 0 Å². The smallest absolute Gasteiger partial charge is 0.241 e. The lowest BCUT2D eigenvalue weighted by Gasteiger charge is -2.37. The average molecular weight is 440 g/mol. The number of hydrogen-bond donors (Lipinski definition) is 4. The fourth-order valence-corrected chi connectivity index (χ4v) is 6.36. The lowest BCUT2D eigenvalue weighted by Crippen LogP contribution is -2.52. The Balaban J connectivity index is 1.54. The summed E-state index contributed by atoms with van der Waals surface area (Å²) >= 11 is 6.19. The third kappa shape index (κ3) is 5.54. The highest BCUT2D eigenvalue weighted by atomic mass is 35.5.